The number of pyridine rings is 1. The smallest absolute Gasteiger partial charge is 0.358 e. The molecule has 7 nitrogen and oxygen atoms in total. The highest BCUT2D eigenvalue weighted by molar-refractivity contribution is 9.10. The summed E-state index contributed by atoms with van der Waals surface area (Å²) in [6, 6.07) is 2.80. The molecular weight excluding hydrogens is 316 g/mol. The van der Waals surface area contributed by atoms with Gasteiger partial charge >= 0.3 is 5.82 Å². The first-order valence-corrected chi connectivity index (χ1v) is 6.11. The van der Waals surface area contributed by atoms with Crippen molar-refractivity contribution >= 4 is 27.7 Å². The fourth-order valence-corrected chi connectivity index (χ4v) is 1.74. The van der Waals surface area contributed by atoms with E-state index in [4.69, 9.17) is 5.26 Å². The van der Waals surface area contributed by atoms with E-state index < -0.39 is 16.6 Å². The molecule has 0 aliphatic carbocycles. The molecule has 0 saturated carbocycles. The number of carbonyl (C=O) groups excluding carboxylic acids is 1. The lowest BCUT2D eigenvalue weighted by Gasteiger charge is -2.23. The normalized spacial score (nSPS) is 11.5. The summed E-state index contributed by atoms with van der Waals surface area (Å²) < 4.78 is 0.374. The van der Waals surface area contributed by atoms with Crippen LogP contribution in [-0.4, -0.2) is 33.8 Å². The van der Waals surface area contributed by atoms with Gasteiger partial charge in [0.15, 0.2) is 6.20 Å². The van der Waals surface area contributed by atoms with Crippen molar-refractivity contribution in [1.82, 2.24) is 9.88 Å². The average molecular weight is 327 g/mol. The van der Waals surface area contributed by atoms with Crippen LogP contribution in [0, 0.1) is 21.4 Å². The predicted octanol–water partition coefficient (Wildman–Crippen LogP) is 2.13. The molecule has 19 heavy (non-hydrogen) atoms. The van der Waals surface area contributed by atoms with E-state index in [1.54, 1.807) is 14.0 Å². The molecule has 0 aromatic carbocycles. The maximum Gasteiger partial charge on any atom is 0.364 e. The summed E-state index contributed by atoms with van der Waals surface area (Å²) in [6.07, 6.45) is 1.40. The first-order valence-electron chi connectivity index (χ1n) is 5.32. The number of nitrogens with zero attached hydrogens (tertiary/aromatic N) is 4. The highest BCUT2D eigenvalue weighted by Crippen LogP contribution is 2.22. The molecule has 0 bridgehead atoms. The summed E-state index contributed by atoms with van der Waals surface area (Å²) in [5.74, 6) is -0.798. The van der Waals surface area contributed by atoms with Gasteiger partial charge in [-0.3, -0.25) is 4.79 Å². The molecule has 1 amide bonds. The van der Waals surface area contributed by atoms with Crippen molar-refractivity contribution in [3.05, 3.63) is 32.4 Å². The monoisotopic (exact) mass is 326 g/mol. The maximum absolute atomic E-state index is 12.2. The van der Waals surface area contributed by atoms with Gasteiger partial charge in [0.25, 0.3) is 5.91 Å². The van der Waals surface area contributed by atoms with E-state index in [9.17, 15) is 14.9 Å². The quantitative estimate of drug-likeness (QED) is 0.623. The van der Waals surface area contributed by atoms with E-state index in [1.807, 2.05) is 6.07 Å². The van der Waals surface area contributed by atoms with Gasteiger partial charge in [-0.2, -0.15) is 5.26 Å². The third-order valence-electron chi connectivity index (χ3n) is 2.63. The van der Waals surface area contributed by atoms with Crippen molar-refractivity contribution in [2.24, 2.45) is 0 Å². The lowest BCUT2D eigenvalue weighted by atomic mass is 10.1. The molecular formula is C11H11BrN4O3. The van der Waals surface area contributed by atoms with Crippen LogP contribution >= 0.6 is 15.9 Å². The Labute approximate surface area is 118 Å². The molecule has 0 N–H and O–H groups in total. The summed E-state index contributed by atoms with van der Waals surface area (Å²) in [6.45, 7) is 1.73. The molecule has 1 rings (SSSR count). The van der Waals surface area contributed by atoms with Crippen LogP contribution in [-0.2, 0) is 0 Å². The van der Waals surface area contributed by atoms with Gasteiger partial charge in [0.1, 0.15) is 0 Å². The Balaban J connectivity index is 3.09. The van der Waals surface area contributed by atoms with E-state index >= 15 is 0 Å². The molecule has 1 aromatic rings. The van der Waals surface area contributed by atoms with Gasteiger partial charge in [-0.25, -0.2) is 0 Å². The van der Waals surface area contributed by atoms with Gasteiger partial charge in [0.05, 0.1) is 22.5 Å². The summed E-state index contributed by atoms with van der Waals surface area (Å²) in [5, 5.41) is 19.3. The topological polar surface area (TPSA) is 100 Å². The SMILES string of the molecule is CC(CC#N)N(C)C(=O)c1cc([N+](=O)[O-])ncc1Br. The van der Waals surface area contributed by atoms with E-state index in [1.165, 1.54) is 11.1 Å². The number of nitro groups is 1. The Morgan fingerprint density at radius 1 is 1.74 bits per heavy atom. The minimum Gasteiger partial charge on any atom is -0.358 e. The minimum absolute atomic E-state index is 0.147. The van der Waals surface area contributed by atoms with Gasteiger partial charge in [0.2, 0.25) is 0 Å². The molecule has 8 heteroatoms. The molecule has 1 unspecified atom stereocenters. The van der Waals surface area contributed by atoms with Crippen LogP contribution in [0.5, 0.6) is 0 Å². The molecule has 1 aromatic heterocycles. The number of nitriles is 1. The fraction of sp³-hybridized carbons (Fsp3) is 0.364. The zero-order valence-corrected chi connectivity index (χ0v) is 11.9. The average Bonchev–Trinajstić information content (AvgIpc) is 2.37. The van der Waals surface area contributed by atoms with Gasteiger partial charge in [-0.1, -0.05) is 0 Å². The Kier molecular flexibility index (Phi) is 4.94. The number of halogens is 1. The molecule has 0 aliphatic rings. The van der Waals surface area contributed by atoms with Gasteiger partial charge in [-0.15, -0.1) is 0 Å². The van der Waals surface area contributed by atoms with Crippen molar-refractivity contribution in [2.45, 2.75) is 19.4 Å². The number of amides is 1. The van der Waals surface area contributed by atoms with Crippen LogP contribution in [0.25, 0.3) is 0 Å². The zero-order chi connectivity index (χ0) is 14.6. The lowest BCUT2D eigenvalue weighted by molar-refractivity contribution is -0.389. The fourth-order valence-electron chi connectivity index (χ4n) is 1.35. The second-order valence-corrected chi connectivity index (χ2v) is 4.76. The van der Waals surface area contributed by atoms with Crippen molar-refractivity contribution in [3.63, 3.8) is 0 Å². The van der Waals surface area contributed by atoms with E-state index in [2.05, 4.69) is 20.9 Å². The second kappa shape index (κ2) is 6.24. The molecule has 0 saturated heterocycles. The number of hydrogen-bond donors (Lipinski definition) is 0. The largest absolute Gasteiger partial charge is 0.364 e. The van der Waals surface area contributed by atoms with Crippen LogP contribution < -0.4 is 0 Å². The van der Waals surface area contributed by atoms with E-state index in [0.717, 1.165) is 6.07 Å². The summed E-state index contributed by atoms with van der Waals surface area (Å²) in [4.78, 5) is 27.1. The third-order valence-corrected chi connectivity index (χ3v) is 3.26. The molecule has 100 valence electrons. The minimum atomic E-state index is -0.665. The standard InChI is InChI=1S/C11H11BrN4O3/c1-7(3-4-13)15(2)11(17)8-5-10(16(18)19)14-6-9(8)12/h5-7H,3H2,1-2H3. The van der Waals surface area contributed by atoms with Crippen LogP contribution in [0.2, 0.25) is 0 Å². The molecule has 1 heterocycles. The second-order valence-electron chi connectivity index (χ2n) is 3.91. The molecule has 0 radical (unpaired) electrons. The van der Waals surface area contributed by atoms with Crippen molar-refractivity contribution in [3.8, 4) is 6.07 Å². The maximum atomic E-state index is 12.2. The van der Waals surface area contributed by atoms with Gasteiger partial charge < -0.3 is 15.0 Å². The van der Waals surface area contributed by atoms with Crippen molar-refractivity contribution < 1.29 is 9.72 Å². The summed E-state index contributed by atoms with van der Waals surface area (Å²) in [5.41, 5.74) is 0.147. The molecule has 0 aliphatic heterocycles. The van der Waals surface area contributed by atoms with E-state index in [0.29, 0.717) is 4.47 Å². The lowest BCUT2D eigenvalue weighted by Crippen LogP contribution is -2.35. The Morgan fingerprint density at radius 2 is 2.37 bits per heavy atom. The third kappa shape index (κ3) is 3.48. The number of carbonyl (C=O) groups is 1. The van der Waals surface area contributed by atoms with Crippen molar-refractivity contribution in [2.75, 3.05) is 7.05 Å². The number of hydrogen-bond acceptors (Lipinski definition) is 5. The van der Waals surface area contributed by atoms with Crippen LogP contribution in [0.4, 0.5) is 5.82 Å². The first-order chi connectivity index (χ1) is 8.88. The van der Waals surface area contributed by atoms with E-state index in [-0.39, 0.29) is 18.0 Å². The highest BCUT2D eigenvalue weighted by atomic mass is 79.9. The van der Waals surface area contributed by atoms with Crippen LogP contribution in [0.15, 0.2) is 16.7 Å². The highest BCUT2D eigenvalue weighted by Gasteiger charge is 2.23. The molecule has 0 fully saturated rings. The van der Waals surface area contributed by atoms with Crippen LogP contribution in [0.1, 0.15) is 23.7 Å². The van der Waals surface area contributed by atoms with Crippen LogP contribution in [0.3, 0.4) is 0 Å². The zero-order valence-electron chi connectivity index (χ0n) is 10.3. The Morgan fingerprint density at radius 3 is 2.89 bits per heavy atom. The Hall–Kier alpha value is -2.01. The summed E-state index contributed by atoms with van der Waals surface area (Å²) >= 11 is 3.14. The van der Waals surface area contributed by atoms with Gasteiger partial charge in [0, 0.05) is 19.2 Å². The molecule has 0 spiro atoms. The Bertz CT molecular complexity index is 555. The molecule has 1 atom stereocenters. The number of aromatic nitrogens is 1. The summed E-state index contributed by atoms with van der Waals surface area (Å²) in [7, 11) is 1.54. The van der Waals surface area contributed by atoms with Gasteiger partial charge in [-0.05, 0) is 32.8 Å². The number of rotatable bonds is 4. The van der Waals surface area contributed by atoms with Crippen molar-refractivity contribution in [1.29, 1.82) is 5.26 Å². The predicted molar refractivity (Wildman–Crippen MR) is 70.4 cm³/mol. The first kappa shape index (κ1) is 15.0.